The van der Waals surface area contributed by atoms with Crippen LogP contribution in [0.2, 0.25) is 0 Å². The summed E-state index contributed by atoms with van der Waals surface area (Å²) < 4.78 is 22.9. The van der Waals surface area contributed by atoms with Crippen molar-refractivity contribution >= 4 is 63.8 Å². The quantitative estimate of drug-likeness (QED) is 0.0434. The minimum Gasteiger partial charge on any atom is -0.480 e. The largest absolute Gasteiger partial charge is 0.480 e. The van der Waals surface area contributed by atoms with Crippen molar-refractivity contribution in [2.45, 2.75) is 45.2 Å². The number of allylic oxidation sites excluding steroid dienone is 3. The number of carboxylic acid groups (broad SMARTS) is 1. The number of rotatable bonds is 27. The van der Waals surface area contributed by atoms with E-state index >= 15 is 0 Å². The first kappa shape index (κ1) is 47.2. The third-order valence-electron chi connectivity index (χ3n) is 7.62. The molecule has 0 spiro atoms. The van der Waals surface area contributed by atoms with Crippen molar-refractivity contribution in [1.82, 2.24) is 21.3 Å². The van der Waals surface area contributed by atoms with Crippen LogP contribution in [0.4, 0.5) is 5.69 Å². The summed E-state index contributed by atoms with van der Waals surface area (Å²) in [6.45, 7) is 6.54. The van der Waals surface area contributed by atoms with Crippen molar-refractivity contribution in [2.24, 2.45) is 17.4 Å². The van der Waals surface area contributed by atoms with Gasteiger partial charge < -0.3 is 62.1 Å². The van der Waals surface area contributed by atoms with E-state index in [1.165, 1.54) is 18.2 Å². The van der Waals surface area contributed by atoms with Gasteiger partial charge in [-0.3, -0.25) is 28.8 Å². The monoisotopic (exact) mass is 887 g/mol. The van der Waals surface area contributed by atoms with Crippen LogP contribution in [0, 0.1) is 5.92 Å². The van der Waals surface area contributed by atoms with Gasteiger partial charge in [0.15, 0.2) is 0 Å². The van der Waals surface area contributed by atoms with E-state index in [4.69, 9.17) is 35.5 Å². The SMILES string of the molecule is CC1CC(C(=O)Nc2cc(C(=O)NCCOCCOCCNC(=O)C[C@@H](C)N)cc(C(=O)NCCOCCOCCNC(=O)C[C@H](N)C(=O)O)c2)=CC=C1I. The maximum atomic E-state index is 13.1. The number of ether oxygens (including phenoxy) is 4. The lowest BCUT2D eigenvalue weighted by Gasteiger charge is -2.18. The molecule has 0 aromatic heterocycles. The summed E-state index contributed by atoms with van der Waals surface area (Å²) in [7, 11) is 0. The molecule has 10 N–H and O–H groups in total. The van der Waals surface area contributed by atoms with E-state index in [0.717, 1.165) is 3.58 Å². The van der Waals surface area contributed by atoms with Gasteiger partial charge in [-0.05, 0) is 63.6 Å². The fourth-order valence-electron chi connectivity index (χ4n) is 4.75. The summed E-state index contributed by atoms with van der Waals surface area (Å²) in [5.41, 5.74) is 12.1. The third-order valence-corrected chi connectivity index (χ3v) is 9.05. The molecule has 0 aliphatic heterocycles. The van der Waals surface area contributed by atoms with E-state index in [9.17, 15) is 28.8 Å². The Bertz CT molecular complexity index is 1510. The first-order valence-corrected chi connectivity index (χ1v) is 19.0. The molecule has 1 aliphatic carbocycles. The van der Waals surface area contributed by atoms with E-state index < -0.39 is 29.7 Å². The highest BCUT2D eigenvalue weighted by Gasteiger charge is 2.20. The Morgan fingerprint density at radius 2 is 1.16 bits per heavy atom. The van der Waals surface area contributed by atoms with Gasteiger partial charge in [0, 0.05) is 61.0 Å². The predicted octanol–water partition coefficient (Wildman–Crippen LogP) is 0.208. The molecule has 0 fully saturated rings. The third kappa shape index (κ3) is 20.5. The van der Waals surface area contributed by atoms with Crippen molar-refractivity contribution in [3.05, 3.63) is 50.6 Å². The van der Waals surface area contributed by atoms with E-state index in [1.54, 1.807) is 13.0 Å². The van der Waals surface area contributed by atoms with Gasteiger partial charge in [0.05, 0.1) is 59.3 Å². The number of halogens is 1. The Balaban J connectivity index is 1.82. The first-order chi connectivity index (χ1) is 26.3. The van der Waals surface area contributed by atoms with Crippen molar-refractivity contribution < 1.29 is 52.8 Å². The summed E-state index contributed by atoms with van der Waals surface area (Å²) in [6, 6.07) is 2.94. The Labute approximate surface area is 334 Å². The number of nitrogens with two attached hydrogens (primary N) is 2. The van der Waals surface area contributed by atoms with Gasteiger partial charge in [0.2, 0.25) is 11.8 Å². The second-order valence-corrected chi connectivity index (χ2v) is 13.8. The number of carbonyl (C=O) groups excluding carboxylic acids is 5. The molecule has 0 heterocycles. The number of hydrogen-bond donors (Lipinski definition) is 8. The maximum Gasteiger partial charge on any atom is 0.321 e. The number of hydrogen-bond acceptors (Lipinski definition) is 12. The summed E-state index contributed by atoms with van der Waals surface area (Å²) >= 11 is 2.24. The zero-order valence-corrected chi connectivity index (χ0v) is 33.4. The Morgan fingerprint density at radius 3 is 1.60 bits per heavy atom. The molecule has 19 heteroatoms. The van der Waals surface area contributed by atoms with Crippen molar-refractivity contribution in [1.29, 1.82) is 0 Å². The Hall–Kier alpha value is -3.99. The van der Waals surface area contributed by atoms with Gasteiger partial charge in [-0.15, -0.1) is 0 Å². The zero-order valence-electron chi connectivity index (χ0n) is 31.3. The van der Waals surface area contributed by atoms with Crippen LogP contribution in [0.25, 0.3) is 0 Å². The smallest absolute Gasteiger partial charge is 0.321 e. The summed E-state index contributed by atoms with van der Waals surface area (Å²) in [4.78, 5) is 73.3. The molecule has 0 saturated heterocycles. The molecule has 1 aliphatic rings. The number of amides is 5. The lowest BCUT2D eigenvalue weighted by Crippen LogP contribution is -2.38. The van der Waals surface area contributed by atoms with E-state index in [1.807, 2.05) is 13.0 Å². The van der Waals surface area contributed by atoms with Crippen molar-refractivity contribution in [3.8, 4) is 0 Å². The summed E-state index contributed by atoms with van der Waals surface area (Å²) in [5.74, 6) is -2.98. The zero-order chi connectivity index (χ0) is 40.6. The number of benzene rings is 1. The lowest BCUT2D eigenvalue weighted by atomic mass is 9.95. The highest BCUT2D eigenvalue weighted by atomic mass is 127. The van der Waals surface area contributed by atoms with Crippen LogP contribution in [0.5, 0.6) is 0 Å². The van der Waals surface area contributed by atoms with Crippen LogP contribution >= 0.6 is 22.6 Å². The molecule has 55 heavy (non-hydrogen) atoms. The Kier molecular flexibility index (Phi) is 22.9. The Morgan fingerprint density at radius 1 is 0.709 bits per heavy atom. The minimum atomic E-state index is -1.27. The minimum absolute atomic E-state index is 0.136. The molecule has 1 aromatic rings. The molecule has 5 amide bonds. The van der Waals surface area contributed by atoms with E-state index in [0.29, 0.717) is 31.8 Å². The van der Waals surface area contributed by atoms with Gasteiger partial charge in [-0.1, -0.05) is 19.1 Å². The van der Waals surface area contributed by atoms with Gasteiger partial charge in [-0.2, -0.15) is 0 Å². The molecule has 0 bridgehead atoms. The highest BCUT2D eigenvalue weighted by Crippen LogP contribution is 2.30. The molecular formula is C36H54IN7O11. The number of carbonyl (C=O) groups is 6. The second kappa shape index (κ2) is 26.8. The fraction of sp³-hybridized carbons (Fsp3) is 0.556. The van der Waals surface area contributed by atoms with Crippen LogP contribution in [-0.4, -0.2) is 132 Å². The number of nitrogens with one attached hydrogen (secondary N) is 5. The predicted molar refractivity (Wildman–Crippen MR) is 211 cm³/mol. The van der Waals surface area contributed by atoms with E-state index in [-0.39, 0.29) is 113 Å². The first-order valence-electron chi connectivity index (χ1n) is 17.9. The van der Waals surface area contributed by atoms with Crippen molar-refractivity contribution in [2.75, 3.05) is 84.4 Å². The molecule has 306 valence electrons. The molecule has 18 nitrogen and oxygen atoms in total. The lowest BCUT2D eigenvalue weighted by molar-refractivity contribution is -0.140. The van der Waals surface area contributed by atoms with E-state index in [2.05, 4.69) is 49.2 Å². The highest BCUT2D eigenvalue weighted by molar-refractivity contribution is 14.1. The summed E-state index contributed by atoms with van der Waals surface area (Å²) in [5, 5.41) is 22.3. The average molecular weight is 888 g/mol. The second-order valence-electron chi connectivity index (χ2n) is 12.6. The number of anilines is 1. The van der Waals surface area contributed by atoms with Gasteiger partial charge in [0.25, 0.3) is 17.7 Å². The molecular weight excluding hydrogens is 833 g/mol. The van der Waals surface area contributed by atoms with Crippen LogP contribution < -0.4 is 38.1 Å². The molecule has 3 atom stereocenters. The normalized spacial score (nSPS) is 14.8. The summed E-state index contributed by atoms with van der Waals surface area (Å²) in [6.07, 6.45) is 4.12. The van der Waals surface area contributed by atoms with Gasteiger partial charge in [-0.25, -0.2) is 0 Å². The topological polar surface area (TPSA) is 272 Å². The van der Waals surface area contributed by atoms with Gasteiger partial charge in [0.1, 0.15) is 6.04 Å². The molecule has 0 radical (unpaired) electrons. The maximum absolute atomic E-state index is 13.1. The molecule has 2 rings (SSSR count). The number of aliphatic carboxylic acids is 1. The van der Waals surface area contributed by atoms with Crippen LogP contribution in [-0.2, 0) is 38.1 Å². The molecule has 1 unspecified atom stereocenters. The average Bonchev–Trinajstić information content (AvgIpc) is 3.13. The number of carboxylic acids is 1. The van der Waals surface area contributed by atoms with Crippen LogP contribution in [0.1, 0.15) is 53.8 Å². The molecule has 1 aromatic carbocycles. The van der Waals surface area contributed by atoms with Crippen LogP contribution in [0.15, 0.2) is 39.5 Å². The van der Waals surface area contributed by atoms with Crippen LogP contribution in [0.3, 0.4) is 0 Å². The standard InChI is InChI=1S/C36H54IN7O11/c1-23-17-25(3-4-29(23)37)35(49)44-28-20-26(33(47)42-7-11-54-15-13-52-9-5-40-31(45)18-24(2)38)19-27(21-28)34(48)43-8-12-55-16-14-53-10-6-41-32(46)22-30(39)36(50)51/h3-4,19-21,23-24,30H,5-18,22,38-39H2,1-2H3,(H,40,45)(H,41,46)(H,42,47)(H,43,48)(H,44,49)(H,50,51)/t23?,24-,30+/m1/s1. The van der Waals surface area contributed by atoms with Crippen molar-refractivity contribution in [3.63, 3.8) is 0 Å². The van der Waals surface area contributed by atoms with Gasteiger partial charge >= 0.3 is 5.97 Å². The fourth-order valence-corrected chi connectivity index (χ4v) is 5.15. The molecule has 0 saturated carbocycles.